The van der Waals surface area contributed by atoms with Crippen molar-refractivity contribution in [2.45, 2.75) is 6.16 Å². The first kappa shape index (κ1) is 24.0. The van der Waals surface area contributed by atoms with Gasteiger partial charge in [-0.1, -0.05) is 88.0 Å². The van der Waals surface area contributed by atoms with Gasteiger partial charge >= 0.3 is 15.6 Å². The predicted molar refractivity (Wildman–Crippen MR) is 139 cm³/mol. The van der Waals surface area contributed by atoms with Crippen molar-refractivity contribution in [3.63, 3.8) is 0 Å². The Balaban J connectivity index is 0.000000222. The van der Waals surface area contributed by atoms with Crippen molar-refractivity contribution in [2.75, 3.05) is 12.0 Å². The summed E-state index contributed by atoms with van der Waals surface area (Å²) in [5, 5.41) is 1.80. The van der Waals surface area contributed by atoms with Crippen LogP contribution in [0.2, 0.25) is 0 Å². The van der Waals surface area contributed by atoms with Crippen LogP contribution in [0.25, 0.3) is 11.1 Å². The van der Waals surface area contributed by atoms with Gasteiger partial charge in [-0.05, 0) is 47.5 Å². The maximum atomic E-state index is 12.4. The van der Waals surface area contributed by atoms with Crippen molar-refractivity contribution < 1.29 is 9.13 Å². The van der Waals surface area contributed by atoms with Gasteiger partial charge in [0.2, 0.25) is 0 Å². The quantitative estimate of drug-likeness (QED) is 0.205. The first-order chi connectivity index (χ1) is 15.7. The molecule has 160 valence electrons. The van der Waals surface area contributed by atoms with Crippen LogP contribution in [0.1, 0.15) is 5.56 Å². The minimum absolute atomic E-state index is 0.462. The van der Waals surface area contributed by atoms with Crippen LogP contribution in [0.3, 0.4) is 0 Å². The summed E-state index contributed by atoms with van der Waals surface area (Å²) < 4.78 is 23.7. The molecule has 0 aliphatic carbocycles. The molecule has 0 aliphatic rings. The fraction of sp³-hybridized carbons (Fsp3) is 0.111. The van der Waals surface area contributed by atoms with Gasteiger partial charge in [-0.25, -0.2) is 0 Å². The van der Waals surface area contributed by atoms with Crippen molar-refractivity contribution in [3.05, 3.63) is 121 Å². The second-order valence-corrected chi connectivity index (χ2v) is 10.7. The lowest BCUT2D eigenvalue weighted by Crippen LogP contribution is -1.97. The smallest absolute Gasteiger partial charge is 0.122 e. The van der Waals surface area contributed by atoms with Crippen LogP contribution in [-0.4, -0.2) is 12.0 Å². The van der Waals surface area contributed by atoms with E-state index in [1.165, 1.54) is 5.56 Å². The summed E-state index contributed by atoms with van der Waals surface area (Å²) in [6.45, 7) is 0. The highest BCUT2D eigenvalue weighted by molar-refractivity contribution is 7.53. The molecule has 0 spiro atoms. The van der Waals surface area contributed by atoms with Crippen LogP contribution in [0, 0.1) is 0 Å². The third kappa shape index (κ3) is 7.50. The molecule has 0 N–H and O–H groups in total. The fourth-order valence-corrected chi connectivity index (χ4v) is 5.67. The van der Waals surface area contributed by atoms with E-state index >= 15 is 0 Å². The van der Waals surface area contributed by atoms with Gasteiger partial charge in [0.05, 0.1) is 5.88 Å². The zero-order valence-electron chi connectivity index (χ0n) is 17.7. The van der Waals surface area contributed by atoms with Crippen molar-refractivity contribution >= 4 is 37.8 Å². The molecule has 4 rings (SSSR count). The second-order valence-electron chi connectivity index (χ2n) is 7.06. The molecule has 0 radical (unpaired) electrons. The summed E-state index contributed by atoms with van der Waals surface area (Å²) >= 11 is 5.46. The van der Waals surface area contributed by atoms with E-state index in [2.05, 4.69) is 12.1 Å². The first-order valence-electron chi connectivity index (χ1n) is 10.4. The van der Waals surface area contributed by atoms with Gasteiger partial charge in [0.1, 0.15) is 0 Å². The summed E-state index contributed by atoms with van der Waals surface area (Å²) in [6.07, 6.45) is 1.17. The Kier molecular flexibility index (Phi) is 9.79. The molecule has 0 aromatic heterocycles. The molecule has 2 atom stereocenters. The minimum atomic E-state index is -1.38. The van der Waals surface area contributed by atoms with Gasteiger partial charge in [0.25, 0.3) is 0 Å². The van der Waals surface area contributed by atoms with Crippen molar-refractivity contribution in [3.8, 4) is 11.1 Å². The molecular formula is C27H25ClO2P2+2. The maximum absolute atomic E-state index is 12.4. The van der Waals surface area contributed by atoms with Gasteiger partial charge < -0.3 is 0 Å². The summed E-state index contributed by atoms with van der Waals surface area (Å²) in [5.41, 5.74) is 3.45. The molecular weight excluding hydrogens is 454 g/mol. The second kappa shape index (κ2) is 13.0. The van der Waals surface area contributed by atoms with Gasteiger partial charge in [-0.15, -0.1) is 11.6 Å². The number of rotatable bonds is 7. The van der Waals surface area contributed by atoms with E-state index < -0.39 is 15.6 Å². The van der Waals surface area contributed by atoms with E-state index in [4.69, 9.17) is 11.6 Å². The van der Waals surface area contributed by atoms with Crippen molar-refractivity contribution in [1.82, 2.24) is 0 Å². The summed E-state index contributed by atoms with van der Waals surface area (Å²) in [5.74, 6) is 0.462. The number of alkyl halides is 1. The molecule has 0 saturated carbocycles. The maximum Gasteiger partial charge on any atom is 0.381 e. The van der Waals surface area contributed by atoms with Gasteiger partial charge in [0.15, 0.2) is 22.9 Å². The highest BCUT2D eigenvalue weighted by Crippen LogP contribution is 2.27. The van der Waals surface area contributed by atoms with E-state index in [1.807, 2.05) is 103 Å². The SMILES string of the molecule is O=[P+](CCCl)c1ccccc1.O=[P+](Cc1ccccc1)c1ccc(-c2ccccc2)cc1. The Bertz CT molecular complexity index is 1120. The highest BCUT2D eigenvalue weighted by Gasteiger charge is 2.20. The first-order valence-corrected chi connectivity index (χ1v) is 13.8. The monoisotopic (exact) mass is 478 g/mol. The van der Waals surface area contributed by atoms with E-state index in [-0.39, 0.29) is 0 Å². The number of hydrogen-bond donors (Lipinski definition) is 0. The minimum Gasteiger partial charge on any atom is -0.122 e. The van der Waals surface area contributed by atoms with Gasteiger partial charge in [0, 0.05) is 5.56 Å². The van der Waals surface area contributed by atoms with E-state index in [9.17, 15) is 9.13 Å². The number of hydrogen-bond acceptors (Lipinski definition) is 2. The average molecular weight is 479 g/mol. The topological polar surface area (TPSA) is 34.1 Å². The summed E-state index contributed by atoms with van der Waals surface area (Å²) in [4.78, 5) is 0. The molecule has 4 aromatic carbocycles. The van der Waals surface area contributed by atoms with E-state index in [0.717, 1.165) is 21.7 Å². The van der Waals surface area contributed by atoms with Crippen LogP contribution >= 0.6 is 27.2 Å². The molecule has 32 heavy (non-hydrogen) atoms. The lowest BCUT2D eigenvalue weighted by molar-refractivity contribution is 0.592. The molecule has 5 heteroatoms. The molecule has 2 nitrogen and oxygen atoms in total. The average Bonchev–Trinajstić information content (AvgIpc) is 2.86. The van der Waals surface area contributed by atoms with Crippen LogP contribution in [-0.2, 0) is 15.3 Å². The third-order valence-corrected chi connectivity index (χ3v) is 8.25. The number of halogens is 1. The summed E-state index contributed by atoms with van der Waals surface area (Å²) in [6, 6.07) is 37.7. The van der Waals surface area contributed by atoms with Gasteiger partial charge in [-0.2, -0.15) is 0 Å². The lowest BCUT2D eigenvalue weighted by Gasteiger charge is -2.00. The Morgan fingerprint density at radius 1 is 0.531 bits per heavy atom. The molecule has 4 aromatic rings. The zero-order valence-corrected chi connectivity index (χ0v) is 20.2. The van der Waals surface area contributed by atoms with Crippen LogP contribution < -0.4 is 10.6 Å². The van der Waals surface area contributed by atoms with Crippen LogP contribution in [0.5, 0.6) is 0 Å². The van der Waals surface area contributed by atoms with Crippen molar-refractivity contribution in [1.29, 1.82) is 0 Å². The van der Waals surface area contributed by atoms with Crippen LogP contribution in [0.4, 0.5) is 0 Å². The van der Waals surface area contributed by atoms with Crippen LogP contribution in [0.15, 0.2) is 115 Å². The standard InChI is InChI=1S/C19H16OP.C8H9ClOP/c20-21(15-16-7-3-1-4-8-16)19-13-11-18(12-14-19)17-9-5-2-6-10-17;9-6-7-11(10)8-4-2-1-3-5-8/h1-14H,15H2;1-5H,6-7H2/q2*+1. The highest BCUT2D eigenvalue weighted by atomic mass is 35.5. The fourth-order valence-electron chi connectivity index (χ4n) is 3.09. The molecule has 0 amide bonds. The molecule has 2 unspecified atom stereocenters. The van der Waals surface area contributed by atoms with E-state index in [1.54, 1.807) is 0 Å². The molecule has 0 aliphatic heterocycles. The molecule has 0 heterocycles. The summed E-state index contributed by atoms with van der Waals surface area (Å²) in [7, 11) is -2.64. The normalized spacial score (nSPS) is 11.2. The third-order valence-electron chi connectivity index (χ3n) is 4.76. The Hall–Kier alpha value is -2.63. The zero-order chi connectivity index (χ0) is 22.6. The molecule has 0 fully saturated rings. The van der Waals surface area contributed by atoms with Gasteiger partial charge in [-0.3, -0.25) is 0 Å². The Morgan fingerprint density at radius 2 is 1.00 bits per heavy atom. The number of benzene rings is 4. The Labute approximate surface area is 196 Å². The largest absolute Gasteiger partial charge is 0.381 e. The van der Waals surface area contributed by atoms with E-state index in [0.29, 0.717) is 18.2 Å². The molecule has 0 saturated heterocycles. The molecule has 0 bridgehead atoms. The lowest BCUT2D eigenvalue weighted by atomic mass is 10.1. The predicted octanol–water partition coefficient (Wildman–Crippen LogP) is 7.38. The Morgan fingerprint density at radius 3 is 1.56 bits per heavy atom. The van der Waals surface area contributed by atoms with Crippen molar-refractivity contribution in [2.24, 2.45) is 0 Å².